The molecule has 29 heavy (non-hydrogen) atoms. The van der Waals surface area contributed by atoms with Gasteiger partial charge in [-0.25, -0.2) is 8.42 Å². The molecular formula is C19H19Cl3N2O4S. The molecule has 6 nitrogen and oxygen atoms in total. The molecule has 0 bridgehead atoms. The van der Waals surface area contributed by atoms with Crippen LogP contribution in [0.5, 0.6) is 5.75 Å². The molecule has 156 valence electrons. The summed E-state index contributed by atoms with van der Waals surface area (Å²) in [7, 11) is -2.25. The van der Waals surface area contributed by atoms with Crippen molar-refractivity contribution in [1.82, 2.24) is 4.31 Å². The fourth-order valence-corrected chi connectivity index (χ4v) is 5.47. The van der Waals surface area contributed by atoms with Crippen LogP contribution < -0.4 is 10.1 Å². The van der Waals surface area contributed by atoms with E-state index in [0.717, 1.165) is 0 Å². The molecular weight excluding hydrogens is 459 g/mol. The molecule has 0 radical (unpaired) electrons. The number of para-hydroxylation sites is 1. The van der Waals surface area contributed by atoms with Gasteiger partial charge in [0.15, 0.2) is 0 Å². The molecule has 1 N–H and O–H groups in total. The number of hydrogen-bond donors (Lipinski definition) is 1. The Kier molecular flexibility index (Phi) is 6.96. The Labute approximate surface area is 184 Å². The van der Waals surface area contributed by atoms with Gasteiger partial charge in [0.1, 0.15) is 5.75 Å². The molecule has 0 aliphatic carbocycles. The fraction of sp³-hybridized carbons (Fsp3) is 0.316. The van der Waals surface area contributed by atoms with Gasteiger partial charge in [-0.2, -0.15) is 4.31 Å². The highest BCUT2D eigenvalue weighted by molar-refractivity contribution is 7.89. The lowest BCUT2D eigenvalue weighted by Crippen LogP contribution is -2.41. The van der Waals surface area contributed by atoms with Crippen LogP contribution in [0.2, 0.25) is 15.1 Å². The Morgan fingerprint density at radius 1 is 1.07 bits per heavy atom. The van der Waals surface area contributed by atoms with E-state index in [1.54, 1.807) is 18.2 Å². The summed E-state index contributed by atoms with van der Waals surface area (Å²) in [5.41, 5.74) is 0.365. The number of anilines is 1. The van der Waals surface area contributed by atoms with Crippen molar-refractivity contribution in [2.24, 2.45) is 5.92 Å². The largest absolute Gasteiger partial charge is 0.495 e. The third kappa shape index (κ3) is 4.81. The Bertz CT molecular complexity index is 1000. The van der Waals surface area contributed by atoms with Crippen LogP contribution in [0.3, 0.4) is 0 Å². The lowest BCUT2D eigenvalue weighted by Gasteiger charge is -2.30. The summed E-state index contributed by atoms with van der Waals surface area (Å²) in [4.78, 5) is 12.7. The Balaban J connectivity index is 1.66. The summed E-state index contributed by atoms with van der Waals surface area (Å²) in [5, 5.41) is 3.67. The Hall–Kier alpha value is -1.51. The van der Waals surface area contributed by atoms with Crippen LogP contribution in [0.1, 0.15) is 12.8 Å². The minimum absolute atomic E-state index is 0.0917. The van der Waals surface area contributed by atoms with Crippen molar-refractivity contribution in [3.63, 3.8) is 0 Å². The number of piperidine rings is 1. The fourth-order valence-electron chi connectivity index (χ4n) is 3.16. The first kappa shape index (κ1) is 22.2. The van der Waals surface area contributed by atoms with Gasteiger partial charge in [-0.3, -0.25) is 4.79 Å². The smallest absolute Gasteiger partial charge is 0.243 e. The highest BCUT2D eigenvalue weighted by Gasteiger charge is 2.32. The van der Waals surface area contributed by atoms with Gasteiger partial charge in [-0.1, -0.05) is 40.9 Å². The number of sulfonamides is 1. The van der Waals surface area contributed by atoms with E-state index in [9.17, 15) is 13.2 Å². The summed E-state index contributed by atoms with van der Waals surface area (Å²) >= 11 is 18.2. The Morgan fingerprint density at radius 2 is 1.69 bits per heavy atom. The standard InChI is InChI=1S/C19H19Cl3N2O4S/c1-28-17-6-5-13(11-16(17)22)29(26,27)24-9-7-12(8-10-24)19(25)23-18-14(20)3-2-4-15(18)21/h2-6,11-12H,7-10H2,1H3,(H,23,25). The molecule has 1 amide bonds. The minimum Gasteiger partial charge on any atom is -0.495 e. The van der Waals surface area contributed by atoms with E-state index in [1.165, 1.54) is 29.6 Å². The molecule has 1 saturated heterocycles. The number of nitrogens with one attached hydrogen (secondary N) is 1. The van der Waals surface area contributed by atoms with Gasteiger partial charge in [-0.15, -0.1) is 0 Å². The van der Waals surface area contributed by atoms with Crippen LogP contribution in [-0.4, -0.2) is 38.8 Å². The van der Waals surface area contributed by atoms with E-state index >= 15 is 0 Å². The van der Waals surface area contributed by atoms with Crippen LogP contribution in [0, 0.1) is 5.92 Å². The molecule has 0 atom stereocenters. The second-order valence-corrected chi connectivity index (χ2v) is 9.72. The lowest BCUT2D eigenvalue weighted by atomic mass is 9.97. The second kappa shape index (κ2) is 9.10. The molecule has 1 aliphatic heterocycles. The van der Waals surface area contributed by atoms with E-state index in [1.807, 2.05) is 0 Å². The van der Waals surface area contributed by atoms with Gasteiger partial charge < -0.3 is 10.1 Å². The maximum absolute atomic E-state index is 12.9. The van der Waals surface area contributed by atoms with Crippen molar-refractivity contribution in [2.75, 3.05) is 25.5 Å². The maximum Gasteiger partial charge on any atom is 0.243 e. The van der Waals surface area contributed by atoms with Gasteiger partial charge in [0, 0.05) is 19.0 Å². The summed E-state index contributed by atoms with van der Waals surface area (Å²) in [6.07, 6.45) is 0.772. The summed E-state index contributed by atoms with van der Waals surface area (Å²) in [6, 6.07) is 9.31. The third-order valence-corrected chi connectivity index (χ3v) is 7.62. The normalized spacial score (nSPS) is 15.9. The van der Waals surface area contributed by atoms with Gasteiger partial charge in [-0.05, 0) is 43.2 Å². The molecule has 3 rings (SSSR count). The zero-order valence-corrected chi connectivity index (χ0v) is 18.6. The number of carbonyl (C=O) groups excluding carboxylic acids is 1. The predicted molar refractivity (Wildman–Crippen MR) is 115 cm³/mol. The van der Waals surface area contributed by atoms with Crippen LogP contribution in [0.25, 0.3) is 0 Å². The van der Waals surface area contributed by atoms with Gasteiger partial charge in [0.2, 0.25) is 15.9 Å². The maximum atomic E-state index is 12.9. The molecule has 0 spiro atoms. The molecule has 1 aliphatic rings. The van der Waals surface area contributed by atoms with Crippen molar-refractivity contribution in [2.45, 2.75) is 17.7 Å². The van der Waals surface area contributed by atoms with Crippen LogP contribution in [-0.2, 0) is 14.8 Å². The third-order valence-electron chi connectivity index (χ3n) is 4.80. The summed E-state index contributed by atoms with van der Waals surface area (Å²) in [5.74, 6) is -0.169. The minimum atomic E-state index is -3.71. The monoisotopic (exact) mass is 476 g/mol. The number of nitrogens with zero attached hydrogens (tertiary/aromatic N) is 1. The first-order valence-corrected chi connectivity index (χ1v) is 11.4. The molecule has 2 aromatic carbocycles. The zero-order valence-electron chi connectivity index (χ0n) is 15.5. The highest BCUT2D eigenvalue weighted by Crippen LogP contribution is 2.32. The summed E-state index contributed by atoms with van der Waals surface area (Å²) < 4.78 is 32.2. The highest BCUT2D eigenvalue weighted by atomic mass is 35.5. The first-order valence-electron chi connectivity index (χ1n) is 8.82. The van der Waals surface area contributed by atoms with E-state index in [4.69, 9.17) is 39.5 Å². The number of ether oxygens (including phenoxy) is 1. The van der Waals surface area contributed by atoms with Gasteiger partial charge in [0.25, 0.3) is 0 Å². The zero-order chi connectivity index (χ0) is 21.2. The molecule has 0 saturated carbocycles. The number of hydrogen-bond acceptors (Lipinski definition) is 4. The first-order chi connectivity index (χ1) is 13.7. The number of methoxy groups -OCH3 is 1. The average molecular weight is 478 g/mol. The van der Waals surface area contributed by atoms with Gasteiger partial charge in [0.05, 0.1) is 32.8 Å². The van der Waals surface area contributed by atoms with Crippen LogP contribution in [0.4, 0.5) is 5.69 Å². The second-order valence-electron chi connectivity index (χ2n) is 6.56. The summed E-state index contributed by atoms with van der Waals surface area (Å²) in [6.45, 7) is 0.445. The molecule has 1 fully saturated rings. The SMILES string of the molecule is COc1ccc(S(=O)(=O)N2CCC(C(=O)Nc3c(Cl)cccc3Cl)CC2)cc1Cl. The molecule has 2 aromatic rings. The average Bonchev–Trinajstić information content (AvgIpc) is 2.70. The number of carbonyl (C=O) groups is 1. The Morgan fingerprint density at radius 3 is 2.24 bits per heavy atom. The molecule has 0 aromatic heterocycles. The van der Waals surface area contributed by atoms with E-state index in [-0.39, 0.29) is 34.8 Å². The predicted octanol–water partition coefficient (Wildman–Crippen LogP) is 4.69. The quantitative estimate of drug-likeness (QED) is 0.677. The van der Waals surface area contributed by atoms with Crippen molar-refractivity contribution in [3.05, 3.63) is 51.5 Å². The number of rotatable bonds is 5. The van der Waals surface area contributed by atoms with Crippen molar-refractivity contribution >= 4 is 56.4 Å². The molecule has 1 heterocycles. The van der Waals surface area contributed by atoms with Gasteiger partial charge >= 0.3 is 0 Å². The van der Waals surface area contributed by atoms with E-state index < -0.39 is 10.0 Å². The lowest BCUT2D eigenvalue weighted by molar-refractivity contribution is -0.120. The van der Waals surface area contributed by atoms with Crippen molar-refractivity contribution in [1.29, 1.82) is 0 Å². The van der Waals surface area contributed by atoms with Crippen molar-refractivity contribution in [3.8, 4) is 5.75 Å². The number of halogens is 3. The number of benzene rings is 2. The van der Waals surface area contributed by atoms with E-state index in [2.05, 4.69) is 5.32 Å². The molecule has 0 unspecified atom stereocenters. The topological polar surface area (TPSA) is 75.7 Å². The van der Waals surface area contributed by atoms with E-state index in [0.29, 0.717) is 34.3 Å². The molecule has 10 heteroatoms. The van der Waals surface area contributed by atoms with Crippen LogP contribution >= 0.6 is 34.8 Å². The van der Waals surface area contributed by atoms with Crippen LogP contribution in [0.15, 0.2) is 41.3 Å². The number of amides is 1. The van der Waals surface area contributed by atoms with Crippen molar-refractivity contribution < 1.29 is 17.9 Å².